The molecule has 0 saturated heterocycles. The van der Waals surface area contributed by atoms with Crippen molar-refractivity contribution in [3.8, 4) is 0 Å². The van der Waals surface area contributed by atoms with Crippen LogP contribution in [0.15, 0.2) is 47.3 Å². The Balaban J connectivity index is 1.70. The second-order valence-electron chi connectivity index (χ2n) is 7.25. The van der Waals surface area contributed by atoms with Crippen LogP contribution in [0.1, 0.15) is 58.7 Å². The maximum absolute atomic E-state index is 12.4. The average molecular weight is 406 g/mol. The number of fused-ring (bicyclic) bond motifs is 1. The molecule has 1 aromatic heterocycles. The summed E-state index contributed by atoms with van der Waals surface area (Å²) in [5.41, 5.74) is 3.42. The molecule has 156 valence electrons. The monoisotopic (exact) mass is 406 g/mol. The number of benzene rings is 2. The van der Waals surface area contributed by atoms with Crippen molar-refractivity contribution in [1.82, 2.24) is 9.55 Å². The van der Waals surface area contributed by atoms with Crippen molar-refractivity contribution in [2.24, 2.45) is 0 Å². The van der Waals surface area contributed by atoms with E-state index in [2.05, 4.69) is 11.9 Å². The summed E-state index contributed by atoms with van der Waals surface area (Å²) in [6.45, 7) is 5.84. The number of carbonyl (C=O) groups excluding carboxylic acids is 2. The Morgan fingerprint density at radius 1 is 1.03 bits per heavy atom. The number of hydrogen-bond donors (Lipinski definition) is 0. The molecule has 0 N–H and O–H groups in total. The fraction of sp³-hybridized carbons (Fsp3) is 0.333. The Morgan fingerprint density at radius 3 is 2.40 bits per heavy atom. The summed E-state index contributed by atoms with van der Waals surface area (Å²) < 4.78 is 6.83. The number of ether oxygens (including phenoxy) is 1. The minimum absolute atomic E-state index is 0.147. The van der Waals surface area contributed by atoms with Crippen molar-refractivity contribution in [2.45, 2.75) is 46.6 Å². The molecule has 0 bridgehead atoms. The van der Waals surface area contributed by atoms with Gasteiger partial charge in [0.15, 0.2) is 12.4 Å². The Kier molecular flexibility index (Phi) is 6.77. The third-order valence-electron chi connectivity index (χ3n) is 5.09. The molecule has 0 saturated carbocycles. The topological polar surface area (TPSA) is 78.3 Å². The van der Waals surface area contributed by atoms with Gasteiger partial charge < -0.3 is 9.30 Å². The highest BCUT2D eigenvalue weighted by atomic mass is 16.5. The lowest BCUT2D eigenvalue weighted by molar-refractivity contribution is 0.0475. The number of aryl methyl sites for hydroxylation is 3. The Hall–Kier alpha value is -3.28. The third kappa shape index (κ3) is 4.64. The zero-order valence-corrected chi connectivity index (χ0v) is 17.6. The fourth-order valence-electron chi connectivity index (χ4n) is 3.35. The normalized spacial score (nSPS) is 10.9. The molecule has 0 fully saturated rings. The first-order valence-corrected chi connectivity index (χ1v) is 10.2. The molecule has 2 aromatic carbocycles. The van der Waals surface area contributed by atoms with Crippen molar-refractivity contribution < 1.29 is 14.3 Å². The van der Waals surface area contributed by atoms with Crippen molar-refractivity contribution in [1.29, 1.82) is 0 Å². The highest BCUT2D eigenvalue weighted by Crippen LogP contribution is 2.15. The maximum Gasteiger partial charge on any atom is 0.338 e. The summed E-state index contributed by atoms with van der Waals surface area (Å²) in [5.74, 6) is -0.849. The molecule has 30 heavy (non-hydrogen) atoms. The molecule has 0 unspecified atom stereocenters. The largest absolute Gasteiger partial charge is 0.454 e. The van der Waals surface area contributed by atoms with Crippen LogP contribution in [-0.2, 0) is 17.7 Å². The van der Waals surface area contributed by atoms with Crippen LogP contribution in [0.25, 0.3) is 11.0 Å². The van der Waals surface area contributed by atoms with Gasteiger partial charge in [-0.3, -0.25) is 9.59 Å². The first-order valence-electron chi connectivity index (χ1n) is 10.2. The van der Waals surface area contributed by atoms with Gasteiger partial charge in [0.05, 0.1) is 16.6 Å². The smallest absolute Gasteiger partial charge is 0.338 e. The van der Waals surface area contributed by atoms with Gasteiger partial charge in [-0.05, 0) is 50.5 Å². The van der Waals surface area contributed by atoms with Gasteiger partial charge in [-0.25, -0.2) is 9.78 Å². The van der Waals surface area contributed by atoms with Gasteiger partial charge in [0.1, 0.15) is 5.69 Å². The van der Waals surface area contributed by atoms with Crippen molar-refractivity contribution >= 4 is 22.8 Å². The minimum Gasteiger partial charge on any atom is -0.454 e. The number of unbranched alkanes of at least 4 members (excludes halogenated alkanes) is 1. The van der Waals surface area contributed by atoms with Crippen molar-refractivity contribution in [2.75, 3.05) is 6.61 Å². The van der Waals surface area contributed by atoms with E-state index in [0.717, 1.165) is 19.3 Å². The van der Waals surface area contributed by atoms with Crippen LogP contribution in [0.3, 0.4) is 0 Å². The number of esters is 1. The SMILES string of the molecule is CCCCc1ccc(C(=O)COC(=O)c2ccc3c(c2)nc(C)c(=O)n3CC)cc1. The van der Waals surface area contributed by atoms with Gasteiger partial charge in [0, 0.05) is 12.1 Å². The third-order valence-corrected chi connectivity index (χ3v) is 5.09. The minimum atomic E-state index is -0.599. The number of nitrogens with zero attached hydrogens (tertiary/aromatic N) is 2. The van der Waals surface area contributed by atoms with Gasteiger partial charge in [-0.15, -0.1) is 0 Å². The highest BCUT2D eigenvalue weighted by Gasteiger charge is 2.14. The van der Waals surface area contributed by atoms with Gasteiger partial charge in [-0.1, -0.05) is 37.6 Å². The van der Waals surface area contributed by atoms with E-state index in [1.165, 1.54) is 5.56 Å². The molecule has 0 aliphatic rings. The summed E-state index contributed by atoms with van der Waals surface area (Å²) >= 11 is 0. The predicted molar refractivity (Wildman–Crippen MR) is 116 cm³/mol. The first kappa shape index (κ1) is 21.4. The summed E-state index contributed by atoms with van der Waals surface area (Å²) in [6, 6.07) is 12.3. The van der Waals surface area contributed by atoms with E-state index >= 15 is 0 Å². The molecule has 6 nitrogen and oxygen atoms in total. The summed E-state index contributed by atoms with van der Waals surface area (Å²) in [4.78, 5) is 41.3. The number of Topliss-reactive ketones (excluding diaryl/α,β-unsaturated/α-hetero) is 1. The summed E-state index contributed by atoms with van der Waals surface area (Å²) in [7, 11) is 0. The molecule has 1 heterocycles. The molecular weight excluding hydrogens is 380 g/mol. The van der Waals surface area contributed by atoms with E-state index in [9.17, 15) is 14.4 Å². The lowest BCUT2D eigenvalue weighted by atomic mass is 10.0. The fourth-order valence-corrected chi connectivity index (χ4v) is 3.35. The summed E-state index contributed by atoms with van der Waals surface area (Å²) in [6.07, 6.45) is 3.22. The molecule has 6 heteroatoms. The molecule has 0 amide bonds. The molecule has 0 radical (unpaired) electrons. The molecule has 0 spiro atoms. The lowest BCUT2D eigenvalue weighted by Gasteiger charge is -2.10. The summed E-state index contributed by atoms with van der Waals surface area (Å²) in [5, 5.41) is 0. The Labute approximate surface area is 175 Å². The van der Waals surface area contributed by atoms with Crippen LogP contribution in [0.5, 0.6) is 0 Å². The zero-order valence-electron chi connectivity index (χ0n) is 17.6. The van der Waals surface area contributed by atoms with E-state index in [0.29, 0.717) is 34.4 Å². The number of hydrogen-bond acceptors (Lipinski definition) is 5. The predicted octanol–water partition coefficient (Wildman–Crippen LogP) is 4.11. The first-order chi connectivity index (χ1) is 14.4. The molecule has 3 rings (SSSR count). The van der Waals surface area contributed by atoms with Crippen LogP contribution in [-0.4, -0.2) is 27.9 Å². The van der Waals surface area contributed by atoms with Crippen LogP contribution >= 0.6 is 0 Å². The van der Waals surface area contributed by atoms with Gasteiger partial charge in [-0.2, -0.15) is 0 Å². The van der Waals surface area contributed by atoms with Crippen LogP contribution in [0.4, 0.5) is 0 Å². The van der Waals surface area contributed by atoms with Gasteiger partial charge in [0.25, 0.3) is 5.56 Å². The lowest BCUT2D eigenvalue weighted by Crippen LogP contribution is -2.23. The van der Waals surface area contributed by atoms with E-state index < -0.39 is 5.97 Å². The van der Waals surface area contributed by atoms with Crippen molar-refractivity contribution in [3.63, 3.8) is 0 Å². The van der Waals surface area contributed by atoms with Gasteiger partial charge >= 0.3 is 5.97 Å². The molecule has 3 aromatic rings. The number of carbonyl (C=O) groups is 2. The Morgan fingerprint density at radius 2 is 1.73 bits per heavy atom. The molecule has 0 aliphatic carbocycles. The van der Waals surface area contributed by atoms with Gasteiger partial charge in [0.2, 0.25) is 0 Å². The van der Waals surface area contributed by atoms with E-state index in [-0.39, 0.29) is 17.9 Å². The number of aromatic nitrogens is 2. The Bertz CT molecular complexity index is 1130. The molecular formula is C24H26N2O4. The van der Waals surface area contributed by atoms with E-state index in [1.807, 2.05) is 19.1 Å². The van der Waals surface area contributed by atoms with E-state index in [4.69, 9.17) is 4.74 Å². The van der Waals surface area contributed by atoms with E-state index in [1.54, 1.807) is 41.8 Å². The number of rotatable bonds is 8. The zero-order chi connectivity index (χ0) is 21.7. The second kappa shape index (κ2) is 9.48. The standard InChI is InChI=1S/C24H26N2O4/c1-4-6-7-17-8-10-18(11-9-17)22(27)15-30-24(29)19-12-13-21-20(14-19)25-16(3)23(28)26(21)5-2/h8-14H,4-7,15H2,1-3H3. The second-order valence-corrected chi connectivity index (χ2v) is 7.25. The maximum atomic E-state index is 12.4. The van der Waals surface area contributed by atoms with Crippen molar-refractivity contribution in [3.05, 3.63) is 75.2 Å². The van der Waals surface area contributed by atoms with Crippen LogP contribution in [0.2, 0.25) is 0 Å². The average Bonchev–Trinajstić information content (AvgIpc) is 2.76. The molecule has 0 aliphatic heterocycles. The number of ketones is 1. The van der Waals surface area contributed by atoms with Crippen LogP contribution < -0.4 is 5.56 Å². The van der Waals surface area contributed by atoms with Crippen LogP contribution in [0, 0.1) is 6.92 Å². The quantitative estimate of drug-likeness (QED) is 0.416. The highest BCUT2D eigenvalue weighted by molar-refractivity contribution is 6.00. The molecule has 0 atom stereocenters.